The lowest BCUT2D eigenvalue weighted by Gasteiger charge is -2.35. The Morgan fingerprint density at radius 1 is 1.32 bits per heavy atom. The normalized spacial score (nSPS) is 16.0. The SMILES string of the molecule is CN(C(=O)Cc1ccc(C(F)(F)F)cc1)C1CNC1. The van der Waals surface area contributed by atoms with Gasteiger partial charge in [0.25, 0.3) is 0 Å². The van der Waals surface area contributed by atoms with E-state index in [-0.39, 0.29) is 18.4 Å². The van der Waals surface area contributed by atoms with Crippen LogP contribution < -0.4 is 5.32 Å². The van der Waals surface area contributed by atoms with Gasteiger partial charge in [-0.15, -0.1) is 0 Å². The Labute approximate surface area is 109 Å². The van der Waals surface area contributed by atoms with Gasteiger partial charge in [-0.2, -0.15) is 13.2 Å². The molecule has 0 atom stereocenters. The van der Waals surface area contributed by atoms with E-state index in [1.807, 2.05) is 0 Å². The minimum absolute atomic E-state index is 0.0775. The van der Waals surface area contributed by atoms with Gasteiger partial charge in [0.05, 0.1) is 18.0 Å². The smallest absolute Gasteiger partial charge is 0.340 e. The van der Waals surface area contributed by atoms with Crippen LogP contribution in [-0.4, -0.2) is 37.0 Å². The molecular formula is C13H15F3N2O. The number of rotatable bonds is 3. The van der Waals surface area contributed by atoms with E-state index >= 15 is 0 Å². The molecule has 1 aliphatic heterocycles. The van der Waals surface area contributed by atoms with Crippen LogP contribution >= 0.6 is 0 Å². The second-order valence-corrected chi connectivity index (χ2v) is 4.69. The van der Waals surface area contributed by atoms with Gasteiger partial charge >= 0.3 is 6.18 Å². The third kappa shape index (κ3) is 3.26. The summed E-state index contributed by atoms with van der Waals surface area (Å²) >= 11 is 0. The van der Waals surface area contributed by atoms with Gasteiger partial charge in [0.1, 0.15) is 0 Å². The summed E-state index contributed by atoms with van der Waals surface area (Å²) in [6, 6.07) is 4.92. The van der Waals surface area contributed by atoms with Crippen molar-refractivity contribution < 1.29 is 18.0 Å². The molecule has 1 N–H and O–H groups in total. The number of likely N-dealkylation sites (N-methyl/N-ethyl adjacent to an activating group) is 1. The highest BCUT2D eigenvalue weighted by Gasteiger charge is 2.30. The molecule has 19 heavy (non-hydrogen) atoms. The van der Waals surface area contributed by atoms with Gasteiger partial charge in [-0.05, 0) is 17.7 Å². The molecule has 1 aliphatic rings. The molecule has 0 aromatic heterocycles. The van der Waals surface area contributed by atoms with Gasteiger partial charge in [0.2, 0.25) is 5.91 Å². The molecule has 0 unspecified atom stereocenters. The van der Waals surface area contributed by atoms with Crippen molar-refractivity contribution >= 4 is 5.91 Å². The predicted molar refractivity (Wildman–Crippen MR) is 64.6 cm³/mol. The summed E-state index contributed by atoms with van der Waals surface area (Å²) in [6.07, 6.45) is -4.21. The number of halogens is 3. The number of alkyl halides is 3. The van der Waals surface area contributed by atoms with Crippen LogP contribution in [0.3, 0.4) is 0 Å². The van der Waals surface area contributed by atoms with Crippen molar-refractivity contribution in [2.75, 3.05) is 20.1 Å². The fourth-order valence-electron chi connectivity index (χ4n) is 1.86. The number of carbonyl (C=O) groups is 1. The van der Waals surface area contributed by atoms with Crippen molar-refractivity contribution in [2.45, 2.75) is 18.6 Å². The molecule has 2 rings (SSSR count). The van der Waals surface area contributed by atoms with Gasteiger partial charge in [-0.25, -0.2) is 0 Å². The standard InChI is InChI=1S/C13H15F3N2O/c1-18(11-7-17-8-11)12(19)6-9-2-4-10(5-3-9)13(14,15)16/h2-5,11,17H,6-8H2,1H3. The molecule has 1 heterocycles. The number of nitrogens with one attached hydrogen (secondary N) is 1. The number of carbonyl (C=O) groups excluding carboxylic acids is 1. The average molecular weight is 272 g/mol. The quantitative estimate of drug-likeness (QED) is 0.908. The van der Waals surface area contributed by atoms with Gasteiger partial charge in [-0.1, -0.05) is 12.1 Å². The summed E-state index contributed by atoms with van der Waals surface area (Å²) in [5.41, 5.74) is -0.0996. The lowest BCUT2D eigenvalue weighted by molar-refractivity contribution is -0.137. The highest BCUT2D eigenvalue weighted by molar-refractivity contribution is 5.79. The molecule has 0 spiro atoms. The second-order valence-electron chi connectivity index (χ2n) is 4.69. The summed E-state index contributed by atoms with van der Waals surface area (Å²) in [7, 11) is 1.72. The number of amides is 1. The molecule has 3 nitrogen and oxygen atoms in total. The first kappa shape index (κ1) is 13.9. The van der Waals surface area contributed by atoms with Gasteiger partial charge < -0.3 is 10.2 Å². The maximum Gasteiger partial charge on any atom is 0.416 e. The van der Waals surface area contributed by atoms with Crippen LogP contribution in [0.1, 0.15) is 11.1 Å². The zero-order valence-corrected chi connectivity index (χ0v) is 10.5. The molecular weight excluding hydrogens is 257 g/mol. The number of hydrogen-bond acceptors (Lipinski definition) is 2. The van der Waals surface area contributed by atoms with Crippen LogP contribution in [0.4, 0.5) is 13.2 Å². The Kier molecular flexibility index (Phi) is 3.80. The fourth-order valence-corrected chi connectivity index (χ4v) is 1.86. The monoisotopic (exact) mass is 272 g/mol. The van der Waals surface area contributed by atoms with E-state index in [1.165, 1.54) is 12.1 Å². The van der Waals surface area contributed by atoms with E-state index in [0.717, 1.165) is 25.2 Å². The van der Waals surface area contributed by atoms with Crippen LogP contribution in [0.5, 0.6) is 0 Å². The molecule has 0 radical (unpaired) electrons. The highest BCUT2D eigenvalue weighted by Crippen LogP contribution is 2.29. The van der Waals surface area contributed by atoms with E-state index in [0.29, 0.717) is 5.56 Å². The fraction of sp³-hybridized carbons (Fsp3) is 0.462. The summed E-state index contributed by atoms with van der Waals surface area (Å²) in [5, 5.41) is 3.07. The Morgan fingerprint density at radius 3 is 2.32 bits per heavy atom. The minimum Gasteiger partial charge on any atom is -0.340 e. The maximum atomic E-state index is 12.4. The number of hydrogen-bond donors (Lipinski definition) is 1. The van der Waals surface area contributed by atoms with E-state index in [2.05, 4.69) is 5.32 Å². The molecule has 1 fully saturated rings. The van der Waals surface area contributed by atoms with Crippen LogP contribution in [-0.2, 0) is 17.4 Å². The van der Waals surface area contributed by atoms with Crippen LogP contribution in [0, 0.1) is 0 Å². The van der Waals surface area contributed by atoms with Crippen molar-refractivity contribution in [3.63, 3.8) is 0 Å². The molecule has 0 bridgehead atoms. The molecule has 1 amide bonds. The summed E-state index contributed by atoms with van der Waals surface area (Å²) in [4.78, 5) is 13.6. The molecule has 0 saturated carbocycles. The van der Waals surface area contributed by atoms with Crippen molar-refractivity contribution in [3.05, 3.63) is 35.4 Å². The molecule has 1 aromatic rings. The molecule has 6 heteroatoms. The number of benzene rings is 1. The van der Waals surface area contributed by atoms with E-state index in [9.17, 15) is 18.0 Å². The summed E-state index contributed by atoms with van der Waals surface area (Å²) in [5.74, 6) is -0.0775. The van der Waals surface area contributed by atoms with E-state index in [4.69, 9.17) is 0 Å². The predicted octanol–water partition coefficient (Wildman–Crippen LogP) is 1.68. The lowest BCUT2D eigenvalue weighted by Crippen LogP contribution is -2.57. The third-order valence-electron chi connectivity index (χ3n) is 3.34. The molecule has 1 aromatic carbocycles. The zero-order valence-electron chi connectivity index (χ0n) is 10.5. The molecule has 104 valence electrons. The third-order valence-corrected chi connectivity index (χ3v) is 3.34. The van der Waals surface area contributed by atoms with Crippen LogP contribution in [0.15, 0.2) is 24.3 Å². The van der Waals surface area contributed by atoms with Crippen molar-refractivity contribution in [2.24, 2.45) is 0 Å². The van der Waals surface area contributed by atoms with Crippen LogP contribution in [0.25, 0.3) is 0 Å². The second kappa shape index (κ2) is 5.21. The van der Waals surface area contributed by atoms with Gasteiger partial charge in [0, 0.05) is 20.1 Å². The first-order chi connectivity index (χ1) is 8.88. The maximum absolute atomic E-state index is 12.4. The Balaban J connectivity index is 1.97. The van der Waals surface area contributed by atoms with Crippen molar-refractivity contribution in [1.82, 2.24) is 10.2 Å². The van der Waals surface area contributed by atoms with Crippen LogP contribution in [0.2, 0.25) is 0 Å². The largest absolute Gasteiger partial charge is 0.416 e. The Morgan fingerprint density at radius 2 is 1.89 bits per heavy atom. The first-order valence-electron chi connectivity index (χ1n) is 6.00. The number of nitrogens with zero attached hydrogens (tertiary/aromatic N) is 1. The van der Waals surface area contributed by atoms with Crippen molar-refractivity contribution in [3.8, 4) is 0 Å². The Bertz CT molecular complexity index is 452. The highest BCUT2D eigenvalue weighted by atomic mass is 19.4. The molecule has 0 aliphatic carbocycles. The average Bonchev–Trinajstić information content (AvgIpc) is 2.26. The first-order valence-corrected chi connectivity index (χ1v) is 6.00. The van der Waals surface area contributed by atoms with Gasteiger partial charge in [0.15, 0.2) is 0 Å². The molecule has 1 saturated heterocycles. The summed E-state index contributed by atoms with van der Waals surface area (Å²) < 4.78 is 37.2. The van der Waals surface area contributed by atoms with E-state index in [1.54, 1.807) is 11.9 Å². The van der Waals surface area contributed by atoms with Crippen molar-refractivity contribution in [1.29, 1.82) is 0 Å². The zero-order chi connectivity index (χ0) is 14.0. The lowest BCUT2D eigenvalue weighted by atomic mass is 10.1. The summed E-state index contributed by atoms with van der Waals surface area (Å²) in [6.45, 7) is 1.55. The van der Waals surface area contributed by atoms with Gasteiger partial charge in [-0.3, -0.25) is 4.79 Å². The minimum atomic E-state index is -4.34. The Hall–Kier alpha value is -1.56. The van der Waals surface area contributed by atoms with E-state index < -0.39 is 11.7 Å². The topological polar surface area (TPSA) is 32.3 Å².